The lowest BCUT2D eigenvalue weighted by atomic mass is 10.1. The maximum Gasteiger partial charge on any atom is 0.213 e. The summed E-state index contributed by atoms with van der Waals surface area (Å²) in [5.74, 6) is 0.709. The van der Waals surface area contributed by atoms with Crippen LogP contribution in [0.4, 0.5) is 5.69 Å². The molecule has 0 bridgehead atoms. The van der Waals surface area contributed by atoms with Crippen molar-refractivity contribution in [2.75, 3.05) is 44.2 Å². The van der Waals surface area contributed by atoms with Crippen molar-refractivity contribution in [3.05, 3.63) is 54.2 Å². The van der Waals surface area contributed by atoms with Crippen molar-refractivity contribution in [1.82, 2.24) is 9.88 Å². The number of benzene rings is 1. The van der Waals surface area contributed by atoms with Crippen LogP contribution in [0, 0.1) is 6.92 Å². The number of anilines is 1. The fourth-order valence-corrected chi connectivity index (χ4v) is 2.84. The Labute approximate surface area is 132 Å². The van der Waals surface area contributed by atoms with Crippen molar-refractivity contribution in [3.8, 4) is 5.88 Å². The van der Waals surface area contributed by atoms with Crippen molar-refractivity contribution in [2.24, 2.45) is 0 Å². The molecular formula is C18H23N3O. The Bertz CT molecular complexity index is 580. The fraction of sp³-hybridized carbons (Fsp3) is 0.389. The van der Waals surface area contributed by atoms with Gasteiger partial charge in [-0.3, -0.25) is 4.90 Å². The smallest absolute Gasteiger partial charge is 0.213 e. The third-order valence-electron chi connectivity index (χ3n) is 4.12. The average molecular weight is 297 g/mol. The van der Waals surface area contributed by atoms with Crippen molar-refractivity contribution >= 4 is 5.69 Å². The highest BCUT2D eigenvalue weighted by Gasteiger charge is 2.17. The standard InChI is InChI=1S/C18H23N3O/c1-16-6-2-3-7-17(16)21-12-10-20(11-13-21)14-15-22-18-8-4-5-9-19-18/h2-9H,10-15H2,1H3. The monoisotopic (exact) mass is 297 g/mol. The van der Waals surface area contributed by atoms with Gasteiger partial charge in [-0.05, 0) is 24.6 Å². The number of pyridine rings is 1. The lowest BCUT2D eigenvalue weighted by Gasteiger charge is -2.36. The van der Waals surface area contributed by atoms with Gasteiger partial charge >= 0.3 is 0 Å². The molecule has 0 radical (unpaired) electrons. The van der Waals surface area contributed by atoms with Gasteiger partial charge in [0, 0.05) is 50.7 Å². The molecule has 0 saturated carbocycles. The lowest BCUT2D eigenvalue weighted by Crippen LogP contribution is -2.47. The third kappa shape index (κ3) is 3.77. The number of nitrogens with zero attached hydrogens (tertiary/aromatic N) is 3. The predicted molar refractivity (Wildman–Crippen MR) is 89.6 cm³/mol. The summed E-state index contributed by atoms with van der Waals surface area (Å²) < 4.78 is 5.67. The van der Waals surface area contributed by atoms with Crippen LogP contribution in [0.2, 0.25) is 0 Å². The van der Waals surface area contributed by atoms with Crippen LogP contribution in [0.25, 0.3) is 0 Å². The molecule has 22 heavy (non-hydrogen) atoms. The fourth-order valence-electron chi connectivity index (χ4n) is 2.84. The number of ether oxygens (including phenoxy) is 1. The summed E-state index contributed by atoms with van der Waals surface area (Å²) in [5, 5.41) is 0. The number of hydrogen-bond donors (Lipinski definition) is 0. The van der Waals surface area contributed by atoms with Gasteiger partial charge in [0.1, 0.15) is 6.61 Å². The predicted octanol–water partition coefficient (Wildman–Crippen LogP) is 2.59. The molecule has 1 aliphatic rings. The molecule has 4 nitrogen and oxygen atoms in total. The highest BCUT2D eigenvalue weighted by Crippen LogP contribution is 2.20. The minimum Gasteiger partial charge on any atom is -0.476 e. The zero-order valence-corrected chi connectivity index (χ0v) is 13.1. The molecule has 2 aromatic rings. The van der Waals surface area contributed by atoms with E-state index in [4.69, 9.17) is 4.74 Å². The molecule has 1 fully saturated rings. The van der Waals surface area contributed by atoms with E-state index in [2.05, 4.69) is 46.0 Å². The van der Waals surface area contributed by atoms with Gasteiger partial charge in [0.15, 0.2) is 0 Å². The van der Waals surface area contributed by atoms with Crippen molar-refractivity contribution in [3.63, 3.8) is 0 Å². The first-order valence-electron chi connectivity index (χ1n) is 7.90. The lowest BCUT2D eigenvalue weighted by molar-refractivity contribution is 0.197. The summed E-state index contributed by atoms with van der Waals surface area (Å²) in [6, 6.07) is 14.4. The van der Waals surface area contributed by atoms with Crippen LogP contribution in [-0.2, 0) is 0 Å². The molecule has 1 saturated heterocycles. The van der Waals surface area contributed by atoms with E-state index < -0.39 is 0 Å². The molecule has 0 amide bonds. The maximum atomic E-state index is 5.67. The van der Waals surface area contributed by atoms with Crippen molar-refractivity contribution in [1.29, 1.82) is 0 Å². The average Bonchev–Trinajstić information content (AvgIpc) is 2.57. The Balaban J connectivity index is 1.43. The number of piperazine rings is 1. The SMILES string of the molecule is Cc1ccccc1N1CCN(CCOc2ccccn2)CC1. The molecule has 116 valence electrons. The van der Waals surface area contributed by atoms with E-state index in [1.54, 1.807) is 6.20 Å². The van der Waals surface area contributed by atoms with Crippen LogP contribution in [0.3, 0.4) is 0 Å². The second-order valence-electron chi connectivity index (χ2n) is 5.63. The van der Waals surface area contributed by atoms with Crippen LogP contribution in [0.1, 0.15) is 5.56 Å². The molecule has 0 unspecified atom stereocenters. The molecule has 0 aliphatic carbocycles. The number of hydrogen-bond acceptors (Lipinski definition) is 4. The van der Waals surface area contributed by atoms with E-state index >= 15 is 0 Å². The van der Waals surface area contributed by atoms with Gasteiger partial charge < -0.3 is 9.64 Å². The number of para-hydroxylation sites is 1. The maximum absolute atomic E-state index is 5.67. The molecular weight excluding hydrogens is 274 g/mol. The summed E-state index contributed by atoms with van der Waals surface area (Å²) in [6.07, 6.45) is 1.76. The minimum absolute atomic E-state index is 0.696. The summed E-state index contributed by atoms with van der Waals surface area (Å²) in [4.78, 5) is 9.11. The molecule has 1 aliphatic heterocycles. The van der Waals surface area contributed by atoms with Gasteiger partial charge in [0.05, 0.1) is 0 Å². The molecule has 4 heteroatoms. The summed E-state index contributed by atoms with van der Waals surface area (Å²) >= 11 is 0. The van der Waals surface area contributed by atoms with E-state index in [1.165, 1.54) is 11.3 Å². The Hall–Kier alpha value is -2.07. The largest absolute Gasteiger partial charge is 0.476 e. The van der Waals surface area contributed by atoms with E-state index in [9.17, 15) is 0 Å². The Kier molecular flexibility index (Phi) is 4.91. The molecule has 0 spiro atoms. The van der Waals surface area contributed by atoms with Crippen molar-refractivity contribution in [2.45, 2.75) is 6.92 Å². The summed E-state index contributed by atoms with van der Waals surface area (Å²) in [6.45, 7) is 8.16. The zero-order chi connectivity index (χ0) is 15.2. The van der Waals surface area contributed by atoms with Gasteiger partial charge in [0.25, 0.3) is 0 Å². The van der Waals surface area contributed by atoms with E-state index in [-0.39, 0.29) is 0 Å². The van der Waals surface area contributed by atoms with Gasteiger partial charge in [-0.1, -0.05) is 24.3 Å². The Morgan fingerprint density at radius 2 is 1.77 bits per heavy atom. The number of aromatic nitrogens is 1. The first kappa shape index (κ1) is 14.9. The molecule has 0 N–H and O–H groups in total. The van der Waals surface area contributed by atoms with Gasteiger partial charge in [-0.2, -0.15) is 0 Å². The van der Waals surface area contributed by atoms with E-state index in [1.807, 2.05) is 18.2 Å². The minimum atomic E-state index is 0.696. The number of aryl methyl sites for hydroxylation is 1. The third-order valence-corrected chi connectivity index (χ3v) is 4.12. The Morgan fingerprint density at radius 3 is 2.50 bits per heavy atom. The van der Waals surface area contributed by atoms with Crippen molar-refractivity contribution < 1.29 is 4.74 Å². The van der Waals surface area contributed by atoms with Crippen LogP contribution < -0.4 is 9.64 Å². The highest BCUT2D eigenvalue weighted by molar-refractivity contribution is 5.53. The zero-order valence-electron chi connectivity index (χ0n) is 13.1. The normalized spacial score (nSPS) is 15.8. The van der Waals surface area contributed by atoms with Crippen LogP contribution in [0.5, 0.6) is 5.88 Å². The highest BCUT2D eigenvalue weighted by atomic mass is 16.5. The van der Waals surface area contributed by atoms with Gasteiger partial charge in [-0.15, -0.1) is 0 Å². The van der Waals surface area contributed by atoms with E-state index in [0.29, 0.717) is 12.5 Å². The van der Waals surface area contributed by atoms with Crippen LogP contribution in [-0.4, -0.2) is 49.2 Å². The van der Waals surface area contributed by atoms with Gasteiger partial charge in [0.2, 0.25) is 5.88 Å². The summed E-state index contributed by atoms with van der Waals surface area (Å²) in [5.41, 5.74) is 2.72. The first-order valence-corrected chi connectivity index (χ1v) is 7.90. The van der Waals surface area contributed by atoms with E-state index in [0.717, 1.165) is 32.7 Å². The molecule has 1 aromatic heterocycles. The quantitative estimate of drug-likeness (QED) is 0.848. The van der Waals surface area contributed by atoms with Crippen LogP contribution in [0.15, 0.2) is 48.7 Å². The number of rotatable bonds is 5. The first-order chi connectivity index (χ1) is 10.8. The molecule has 1 aromatic carbocycles. The van der Waals surface area contributed by atoms with Crippen LogP contribution >= 0.6 is 0 Å². The molecule has 3 rings (SSSR count). The Morgan fingerprint density at radius 1 is 1.00 bits per heavy atom. The topological polar surface area (TPSA) is 28.6 Å². The molecule has 0 atom stereocenters. The second kappa shape index (κ2) is 7.27. The van der Waals surface area contributed by atoms with Gasteiger partial charge in [-0.25, -0.2) is 4.98 Å². The summed E-state index contributed by atoms with van der Waals surface area (Å²) in [7, 11) is 0. The molecule has 2 heterocycles. The second-order valence-corrected chi connectivity index (χ2v) is 5.63.